The third-order valence-electron chi connectivity index (χ3n) is 2.97. The van der Waals surface area contributed by atoms with Crippen molar-refractivity contribution in [2.24, 2.45) is 4.40 Å². The fourth-order valence-corrected chi connectivity index (χ4v) is 3.28. The van der Waals surface area contributed by atoms with Crippen molar-refractivity contribution in [3.63, 3.8) is 0 Å². The Morgan fingerprint density at radius 2 is 2.31 bits per heavy atom. The van der Waals surface area contributed by atoms with Crippen LogP contribution in [0.2, 0.25) is 0 Å². The Bertz CT molecular complexity index is 553. The van der Waals surface area contributed by atoms with E-state index in [9.17, 15) is 8.42 Å². The fraction of sp³-hybridized carbons (Fsp3) is 0.400. The average Bonchev–Trinajstić information content (AvgIpc) is 2.71. The number of pyridine rings is 1. The summed E-state index contributed by atoms with van der Waals surface area (Å²) in [5, 5.41) is 0. The molecule has 0 aliphatic carbocycles. The van der Waals surface area contributed by atoms with E-state index in [0.717, 1.165) is 19.4 Å². The molecule has 6 heteroatoms. The Balaban J connectivity index is 2.27. The molecule has 0 saturated carbocycles. The van der Waals surface area contributed by atoms with Gasteiger partial charge in [-0.3, -0.25) is 0 Å². The highest BCUT2D eigenvalue weighted by Gasteiger charge is 2.32. The number of sulfonamides is 1. The van der Waals surface area contributed by atoms with E-state index >= 15 is 0 Å². The molecule has 0 radical (unpaired) electrons. The summed E-state index contributed by atoms with van der Waals surface area (Å²) in [4.78, 5) is 6.42. The maximum atomic E-state index is 11.9. The molecule has 0 unspecified atom stereocenters. The lowest BCUT2D eigenvalue weighted by Crippen LogP contribution is -2.30. The summed E-state index contributed by atoms with van der Waals surface area (Å²) < 4.78 is 27.4. The molecule has 5 nitrogen and oxygen atoms in total. The van der Waals surface area contributed by atoms with E-state index in [1.165, 1.54) is 6.21 Å². The molecule has 3 heterocycles. The minimum Gasteiger partial charge on any atom is -0.347 e. The summed E-state index contributed by atoms with van der Waals surface area (Å²) in [6, 6.07) is 3.27. The molecule has 2 aliphatic rings. The number of aromatic nitrogens is 1. The predicted molar refractivity (Wildman–Crippen MR) is 60.3 cm³/mol. The molecule has 0 N–H and O–H groups in total. The van der Waals surface area contributed by atoms with E-state index < -0.39 is 10.0 Å². The molecule has 1 aromatic rings. The first kappa shape index (κ1) is 9.77. The van der Waals surface area contributed by atoms with Crippen molar-refractivity contribution in [3.8, 4) is 0 Å². The minimum absolute atomic E-state index is 0.0749. The first-order chi connectivity index (χ1) is 7.68. The van der Waals surface area contributed by atoms with E-state index in [1.807, 2.05) is 4.90 Å². The molecule has 3 rings (SSSR count). The van der Waals surface area contributed by atoms with Crippen LogP contribution >= 0.6 is 0 Å². The van der Waals surface area contributed by atoms with Crippen molar-refractivity contribution in [3.05, 3.63) is 18.3 Å². The lowest BCUT2D eigenvalue weighted by atomic mass is 10.2. The van der Waals surface area contributed by atoms with Crippen LogP contribution in [0.25, 0.3) is 0 Å². The van der Waals surface area contributed by atoms with E-state index in [4.69, 9.17) is 0 Å². The first-order valence-corrected chi connectivity index (χ1v) is 6.65. The van der Waals surface area contributed by atoms with Gasteiger partial charge in [-0.1, -0.05) is 0 Å². The molecule has 1 atom stereocenters. The normalized spacial score (nSPS) is 26.0. The largest absolute Gasteiger partial charge is 0.347 e. The topological polar surface area (TPSA) is 62.6 Å². The molecule has 0 bridgehead atoms. The second-order valence-corrected chi connectivity index (χ2v) is 5.56. The summed E-state index contributed by atoms with van der Waals surface area (Å²) >= 11 is 0. The van der Waals surface area contributed by atoms with E-state index in [1.54, 1.807) is 18.3 Å². The Kier molecular flexibility index (Phi) is 2.00. The number of nitrogens with zero attached hydrogens (tertiary/aromatic N) is 3. The zero-order valence-electron chi connectivity index (χ0n) is 8.57. The van der Waals surface area contributed by atoms with Crippen molar-refractivity contribution in [2.45, 2.75) is 23.8 Å². The Labute approximate surface area is 93.9 Å². The molecule has 2 aliphatic heterocycles. The predicted octanol–water partition coefficient (Wildman–Crippen LogP) is 0.823. The quantitative estimate of drug-likeness (QED) is 0.670. The second-order valence-electron chi connectivity index (χ2n) is 3.96. The van der Waals surface area contributed by atoms with Gasteiger partial charge in [0, 0.05) is 19.0 Å². The molecular formula is C10H11N3O2S. The van der Waals surface area contributed by atoms with Gasteiger partial charge in [0.2, 0.25) is 0 Å². The SMILES string of the molecule is O=S1(=O)N=C[C@H]2CCCN2c2ncccc21. The Morgan fingerprint density at radius 3 is 3.19 bits per heavy atom. The Morgan fingerprint density at radius 1 is 1.44 bits per heavy atom. The highest BCUT2D eigenvalue weighted by atomic mass is 32.2. The summed E-state index contributed by atoms with van der Waals surface area (Å²) in [7, 11) is -3.56. The molecule has 0 aromatic carbocycles. The zero-order valence-corrected chi connectivity index (χ0v) is 9.39. The van der Waals surface area contributed by atoms with Crippen LogP contribution in [0, 0.1) is 0 Å². The van der Waals surface area contributed by atoms with E-state index in [0.29, 0.717) is 5.82 Å². The van der Waals surface area contributed by atoms with Gasteiger partial charge in [-0.25, -0.2) is 4.98 Å². The van der Waals surface area contributed by atoms with E-state index in [2.05, 4.69) is 9.38 Å². The monoisotopic (exact) mass is 237 g/mol. The highest BCUT2D eigenvalue weighted by Crippen LogP contribution is 2.31. The van der Waals surface area contributed by atoms with Gasteiger partial charge in [0.1, 0.15) is 10.7 Å². The summed E-state index contributed by atoms with van der Waals surface area (Å²) in [6.45, 7) is 0.843. The number of anilines is 1. The van der Waals surface area contributed by atoms with Crippen molar-refractivity contribution in [1.29, 1.82) is 0 Å². The van der Waals surface area contributed by atoms with Crippen molar-refractivity contribution in [1.82, 2.24) is 4.98 Å². The molecule has 16 heavy (non-hydrogen) atoms. The summed E-state index contributed by atoms with van der Waals surface area (Å²) in [5.41, 5.74) is 0. The van der Waals surface area contributed by atoms with Crippen LogP contribution in [0.1, 0.15) is 12.8 Å². The van der Waals surface area contributed by atoms with Gasteiger partial charge in [-0.2, -0.15) is 12.8 Å². The average molecular weight is 237 g/mol. The van der Waals surface area contributed by atoms with Gasteiger partial charge in [0.15, 0.2) is 0 Å². The number of fused-ring (bicyclic) bond motifs is 3. The maximum Gasteiger partial charge on any atom is 0.285 e. The number of hydrogen-bond donors (Lipinski definition) is 0. The van der Waals surface area contributed by atoms with Crippen LogP contribution in [0.5, 0.6) is 0 Å². The second kappa shape index (κ2) is 3.28. The standard InChI is InChI=1S/C10H11N3O2S/c14-16(15)9-4-1-5-11-10(9)13-6-2-3-8(13)7-12-16/h1,4-5,7-8H,2-3,6H2/t8-/m1/s1. The lowest BCUT2D eigenvalue weighted by molar-refractivity contribution is 0.598. The maximum absolute atomic E-state index is 11.9. The van der Waals surface area contributed by atoms with Crippen LogP contribution < -0.4 is 4.90 Å². The van der Waals surface area contributed by atoms with Crippen LogP contribution in [0.15, 0.2) is 27.6 Å². The summed E-state index contributed by atoms with van der Waals surface area (Å²) in [6.07, 6.45) is 5.14. The van der Waals surface area contributed by atoms with Crippen LogP contribution in [-0.2, 0) is 10.0 Å². The third kappa shape index (κ3) is 1.33. The zero-order chi connectivity index (χ0) is 11.2. The molecule has 84 valence electrons. The molecule has 1 aromatic heterocycles. The number of hydrogen-bond acceptors (Lipinski definition) is 4. The van der Waals surface area contributed by atoms with Gasteiger partial charge < -0.3 is 4.90 Å². The van der Waals surface area contributed by atoms with Crippen LogP contribution in [0.4, 0.5) is 5.82 Å². The smallest absolute Gasteiger partial charge is 0.285 e. The van der Waals surface area contributed by atoms with Crippen molar-refractivity contribution >= 4 is 22.1 Å². The van der Waals surface area contributed by atoms with Gasteiger partial charge in [-0.05, 0) is 25.0 Å². The molecule has 0 amide bonds. The van der Waals surface area contributed by atoms with Gasteiger partial charge in [0.05, 0.1) is 6.04 Å². The van der Waals surface area contributed by atoms with Crippen molar-refractivity contribution in [2.75, 3.05) is 11.4 Å². The van der Waals surface area contributed by atoms with Gasteiger partial charge in [0.25, 0.3) is 10.0 Å². The van der Waals surface area contributed by atoms with Gasteiger partial charge in [-0.15, -0.1) is 0 Å². The molecular weight excluding hydrogens is 226 g/mol. The Hall–Kier alpha value is -1.43. The lowest BCUT2D eigenvalue weighted by Gasteiger charge is -2.21. The van der Waals surface area contributed by atoms with Crippen LogP contribution in [0.3, 0.4) is 0 Å². The summed E-state index contributed by atoms with van der Waals surface area (Å²) in [5.74, 6) is 0.544. The third-order valence-corrected chi connectivity index (χ3v) is 4.25. The molecule has 1 saturated heterocycles. The number of rotatable bonds is 0. The highest BCUT2D eigenvalue weighted by molar-refractivity contribution is 7.90. The molecule has 1 fully saturated rings. The van der Waals surface area contributed by atoms with Crippen LogP contribution in [-0.4, -0.2) is 32.2 Å². The van der Waals surface area contributed by atoms with Gasteiger partial charge >= 0.3 is 0 Å². The van der Waals surface area contributed by atoms with Crippen molar-refractivity contribution < 1.29 is 8.42 Å². The minimum atomic E-state index is -3.56. The molecule has 0 spiro atoms. The van der Waals surface area contributed by atoms with E-state index in [-0.39, 0.29) is 10.9 Å². The first-order valence-electron chi connectivity index (χ1n) is 5.20. The fourth-order valence-electron chi connectivity index (χ4n) is 2.22.